The van der Waals surface area contributed by atoms with Gasteiger partial charge in [0.2, 0.25) is 5.95 Å². The van der Waals surface area contributed by atoms with Gasteiger partial charge in [0.15, 0.2) is 0 Å². The van der Waals surface area contributed by atoms with Crippen LogP contribution in [-0.2, 0) is 0 Å². The van der Waals surface area contributed by atoms with Gasteiger partial charge in [0.05, 0.1) is 4.92 Å². The molecule has 4 N–H and O–H groups in total. The summed E-state index contributed by atoms with van der Waals surface area (Å²) in [6, 6.07) is 5.96. The first-order valence-electron chi connectivity index (χ1n) is 4.71. The predicted molar refractivity (Wildman–Crippen MR) is 62.9 cm³/mol. The summed E-state index contributed by atoms with van der Waals surface area (Å²) in [5.41, 5.74) is 12.4. The van der Waals surface area contributed by atoms with E-state index in [1.54, 1.807) is 12.1 Å². The van der Waals surface area contributed by atoms with Crippen molar-refractivity contribution in [3.05, 3.63) is 40.6 Å². The molecule has 2 rings (SSSR count). The van der Waals surface area contributed by atoms with Crippen molar-refractivity contribution >= 4 is 17.5 Å². The first kappa shape index (κ1) is 10.8. The molecule has 7 nitrogen and oxygen atoms in total. The minimum Gasteiger partial charge on any atom is -0.383 e. The third-order valence-corrected chi connectivity index (χ3v) is 2.23. The Morgan fingerprint density at radius 3 is 2.35 bits per heavy atom. The highest BCUT2D eigenvalue weighted by Gasteiger charge is 2.08. The lowest BCUT2D eigenvalue weighted by atomic mass is 10.1. The first-order chi connectivity index (χ1) is 8.08. The van der Waals surface area contributed by atoms with E-state index in [0.29, 0.717) is 11.1 Å². The van der Waals surface area contributed by atoms with Crippen molar-refractivity contribution in [3.63, 3.8) is 0 Å². The van der Waals surface area contributed by atoms with Crippen LogP contribution in [0, 0.1) is 10.1 Å². The van der Waals surface area contributed by atoms with Crippen LogP contribution in [0.1, 0.15) is 0 Å². The molecule has 0 saturated carbocycles. The molecule has 0 aliphatic heterocycles. The highest BCUT2D eigenvalue weighted by molar-refractivity contribution is 5.74. The number of hydrogen-bond donors (Lipinski definition) is 2. The monoisotopic (exact) mass is 231 g/mol. The lowest BCUT2D eigenvalue weighted by Gasteiger charge is -2.04. The fourth-order valence-corrected chi connectivity index (χ4v) is 1.39. The van der Waals surface area contributed by atoms with Crippen LogP contribution in [0.3, 0.4) is 0 Å². The number of nitro benzene ring substituents is 1. The number of nitrogen functional groups attached to an aromatic ring is 2. The summed E-state index contributed by atoms with van der Waals surface area (Å²) >= 11 is 0. The maximum atomic E-state index is 10.5. The summed E-state index contributed by atoms with van der Waals surface area (Å²) in [5.74, 6) is 0.333. The van der Waals surface area contributed by atoms with Gasteiger partial charge >= 0.3 is 0 Å². The van der Waals surface area contributed by atoms with Gasteiger partial charge in [-0.3, -0.25) is 10.1 Å². The molecule has 17 heavy (non-hydrogen) atoms. The van der Waals surface area contributed by atoms with Gasteiger partial charge in [-0.05, 0) is 17.7 Å². The third-order valence-electron chi connectivity index (χ3n) is 2.23. The van der Waals surface area contributed by atoms with Gasteiger partial charge in [-0.15, -0.1) is 0 Å². The standard InChI is InChI=1S/C10H9N5O2/c11-9-8(5-13-10(12)14-9)6-1-3-7(4-2-6)15(16)17/h1-5H,(H4,11,12,13,14). The largest absolute Gasteiger partial charge is 0.383 e. The number of non-ortho nitro benzene ring substituents is 1. The lowest BCUT2D eigenvalue weighted by Crippen LogP contribution is -2.00. The molecule has 0 spiro atoms. The van der Waals surface area contributed by atoms with E-state index in [1.165, 1.54) is 18.3 Å². The maximum Gasteiger partial charge on any atom is 0.269 e. The molecular weight excluding hydrogens is 222 g/mol. The second-order valence-electron chi connectivity index (χ2n) is 3.33. The second kappa shape index (κ2) is 4.05. The molecule has 0 atom stereocenters. The van der Waals surface area contributed by atoms with Gasteiger partial charge < -0.3 is 11.5 Å². The molecule has 0 radical (unpaired) electrons. The predicted octanol–water partition coefficient (Wildman–Crippen LogP) is 1.22. The first-order valence-corrected chi connectivity index (χ1v) is 4.71. The topological polar surface area (TPSA) is 121 Å². The Bertz CT molecular complexity index is 567. The number of benzene rings is 1. The van der Waals surface area contributed by atoms with Crippen LogP contribution in [0.25, 0.3) is 11.1 Å². The molecule has 86 valence electrons. The Morgan fingerprint density at radius 1 is 1.18 bits per heavy atom. The van der Waals surface area contributed by atoms with Crippen LogP contribution in [0.15, 0.2) is 30.5 Å². The van der Waals surface area contributed by atoms with Crippen molar-refractivity contribution in [1.82, 2.24) is 9.97 Å². The van der Waals surface area contributed by atoms with E-state index in [2.05, 4.69) is 9.97 Å². The molecule has 0 amide bonds. The Hall–Kier alpha value is -2.70. The highest BCUT2D eigenvalue weighted by Crippen LogP contribution is 2.25. The fourth-order valence-electron chi connectivity index (χ4n) is 1.39. The molecule has 0 aliphatic carbocycles. The zero-order valence-corrected chi connectivity index (χ0v) is 8.70. The Kier molecular flexibility index (Phi) is 2.57. The average Bonchev–Trinajstić information content (AvgIpc) is 2.29. The minimum absolute atomic E-state index is 0.0173. The SMILES string of the molecule is Nc1ncc(-c2ccc([N+](=O)[O-])cc2)c(N)n1. The number of nitrogens with zero attached hydrogens (tertiary/aromatic N) is 3. The van der Waals surface area contributed by atoms with Crippen LogP contribution in [0.5, 0.6) is 0 Å². The lowest BCUT2D eigenvalue weighted by molar-refractivity contribution is -0.384. The molecule has 0 aliphatic rings. The van der Waals surface area contributed by atoms with E-state index in [1.807, 2.05) is 0 Å². The molecule has 1 aromatic carbocycles. The smallest absolute Gasteiger partial charge is 0.269 e. The van der Waals surface area contributed by atoms with Crippen molar-refractivity contribution < 1.29 is 4.92 Å². The molecule has 0 saturated heterocycles. The Labute approximate surface area is 96.3 Å². The quantitative estimate of drug-likeness (QED) is 0.591. The van der Waals surface area contributed by atoms with Gasteiger partial charge in [0.25, 0.3) is 5.69 Å². The number of aromatic nitrogens is 2. The highest BCUT2D eigenvalue weighted by atomic mass is 16.6. The van der Waals surface area contributed by atoms with Crippen molar-refractivity contribution in [3.8, 4) is 11.1 Å². The molecule has 0 bridgehead atoms. The molecule has 2 aromatic rings. The Balaban J connectivity index is 2.43. The number of nitro groups is 1. The third kappa shape index (κ3) is 2.12. The van der Waals surface area contributed by atoms with Crippen LogP contribution < -0.4 is 11.5 Å². The zero-order valence-electron chi connectivity index (χ0n) is 8.70. The van der Waals surface area contributed by atoms with Crippen LogP contribution in [0.4, 0.5) is 17.5 Å². The van der Waals surface area contributed by atoms with Crippen LogP contribution in [-0.4, -0.2) is 14.9 Å². The molecule has 0 fully saturated rings. The van der Waals surface area contributed by atoms with Crippen molar-refractivity contribution in [2.75, 3.05) is 11.5 Å². The van der Waals surface area contributed by atoms with Gasteiger partial charge in [0, 0.05) is 23.9 Å². The van der Waals surface area contributed by atoms with Crippen molar-refractivity contribution in [2.24, 2.45) is 0 Å². The molecule has 1 heterocycles. The number of rotatable bonds is 2. The maximum absolute atomic E-state index is 10.5. The van der Waals surface area contributed by atoms with Crippen molar-refractivity contribution in [1.29, 1.82) is 0 Å². The number of nitrogens with two attached hydrogens (primary N) is 2. The summed E-state index contributed by atoms with van der Waals surface area (Å²) in [4.78, 5) is 17.7. The van der Waals surface area contributed by atoms with E-state index in [4.69, 9.17) is 11.5 Å². The van der Waals surface area contributed by atoms with Gasteiger partial charge in [-0.2, -0.15) is 4.98 Å². The number of hydrogen-bond acceptors (Lipinski definition) is 6. The van der Waals surface area contributed by atoms with Crippen molar-refractivity contribution in [2.45, 2.75) is 0 Å². The van der Waals surface area contributed by atoms with E-state index in [0.717, 1.165) is 0 Å². The molecule has 0 unspecified atom stereocenters. The molecular formula is C10H9N5O2. The summed E-state index contributed by atoms with van der Waals surface area (Å²) in [6.07, 6.45) is 1.48. The summed E-state index contributed by atoms with van der Waals surface area (Å²) in [7, 11) is 0. The second-order valence-corrected chi connectivity index (χ2v) is 3.33. The van der Waals surface area contributed by atoms with E-state index in [9.17, 15) is 10.1 Å². The average molecular weight is 231 g/mol. The van der Waals surface area contributed by atoms with Gasteiger partial charge in [-0.25, -0.2) is 4.98 Å². The zero-order chi connectivity index (χ0) is 12.4. The number of anilines is 2. The normalized spacial score (nSPS) is 10.1. The summed E-state index contributed by atoms with van der Waals surface area (Å²) in [5, 5.41) is 10.5. The summed E-state index contributed by atoms with van der Waals surface area (Å²) < 4.78 is 0. The van der Waals surface area contributed by atoms with Gasteiger partial charge in [0.1, 0.15) is 5.82 Å². The van der Waals surface area contributed by atoms with Crippen LogP contribution >= 0.6 is 0 Å². The minimum atomic E-state index is -0.466. The van der Waals surface area contributed by atoms with Crippen LogP contribution in [0.2, 0.25) is 0 Å². The van der Waals surface area contributed by atoms with Gasteiger partial charge in [-0.1, -0.05) is 0 Å². The van der Waals surface area contributed by atoms with E-state index in [-0.39, 0.29) is 17.5 Å². The molecule has 7 heteroatoms. The Morgan fingerprint density at radius 2 is 1.82 bits per heavy atom. The molecule has 1 aromatic heterocycles. The van der Waals surface area contributed by atoms with E-state index < -0.39 is 4.92 Å². The summed E-state index contributed by atoms with van der Waals surface area (Å²) in [6.45, 7) is 0. The van der Waals surface area contributed by atoms with E-state index >= 15 is 0 Å². The fraction of sp³-hybridized carbons (Fsp3) is 0.